The van der Waals surface area contributed by atoms with Crippen LogP contribution < -0.4 is 15.2 Å². The van der Waals surface area contributed by atoms with Crippen LogP contribution in [-0.4, -0.2) is 54.8 Å². The molecule has 3 heterocycles. The van der Waals surface area contributed by atoms with Crippen molar-refractivity contribution in [2.75, 3.05) is 31.1 Å². The van der Waals surface area contributed by atoms with Crippen molar-refractivity contribution < 1.29 is 13.2 Å². The van der Waals surface area contributed by atoms with Gasteiger partial charge in [0.25, 0.3) is 10.0 Å². The molecule has 0 unspecified atom stereocenters. The van der Waals surface area contributed by atoms with Crippen LogP contribution in [0.4, 0.5) is 5.69 Å². The van der Waals surface area contributed by atoms with Crippen LogP contribution in [-0.2, 0) is 10.0 Å². The Morgan fingerprint density at radius 3 is 2.35 bits per heavy atom. The number of aromatic nitrogens is 2. The van der Waals surface area contributed by atoms with E-state index in [1.165, 1.54) is 20.3 Å². The number of nitrogens with zero attached hydrogens (tertiary/aromatic N) is 4. The lowest BCUT2D eigenvalue weighted by Crippen LogP contribution is -2.49. The number of piperazine rings is 1. The van der Waals surface area contributed by atoms with Crippen molar-refractivity contribution in [1.29, 1.82) is 0 Å². The largest absolute Gasteiger partial charge is 0.483 e. The Labute approximate surface area is 185 Å². The Kier molecular flexibility index (Phi) is 6.12. The zero-order valence-electron chi connectivity index (χ0n) is 17.3. The molecule has 1 aliphatic heterocycles. The summed E-state index contributed by atoms with van der Waals surface area (Å²) in [5.41, 5.74) is 0.893. The number of ether oxygens (including phenoxy) is 1. The van der Waals surface area contributed by atoms with Crippen molar-refractivity contribution in [3.05, 3.63) is 64.4 Å². The highest BCUT2D eigenvalue weighted by Crippen LogP contribution is 2.28. The zero-order valence-corrected chi connectivity index (χ0v) is 19.0. The molecule has 4 rings (SSSR count). The number of hydrogen-bond donors (Lipinski definition) is 0. The van der Waals surface area contributed by atoms with Gasteiger partial charge in [-0.3, -0.25) is 4.79 Å². The fourth-order valence-electron chi connectivity index (χ4n) is 3.46. The van der Waals surface area contributed by atoms with E-state index in [9.17, 15) is 13.2 Å². The number of rotatable bonds is 6. The molecule has 1 aliphatic rings. The number of benzene rings is 1. The van der Waals surface area contributed by atoms with Crippen LogP contribution in [0.2, 0.25) is 0 Å². The Hall–Kier alpha value is -2.69. The maximum Gasteiger partial charge on any atom is 0.316 e. The molecule has 31 heavy (non-hydrogen) atoms. The molecular weight excluding hydrogens is 436 g/mol. The van der Waals surface area contributed by atoms with Crippen molar-refractivity contribution in [3.63, 3.8) is 0 Å². The lowest BCUT2D eigenvalue weighted by atomic mass is 10.3. The molecule has 0 spiro atoms. The highest BCUT2D eigenvalue weighted by atomic mass is 32.2. The standard InChI is InChI=1S/C21H24N4O4S2/c1-16(2)29-20-18(15-22-25(21(20)26)17-7-4-3-5-8-17)23-10-12-24(13-11-23)31(27,28)19-9-6-14-30-19/h3-9,14-16H,10-13H2,1-2H3. The molecule has 0 saturated carbocycles. The molecule has 3 aromatic rings. The SMILES string of the molecule is CC(C)Oc1c(N2CCN(S(=O)(=O)c3cccs3)CC2)cnn(-c2ccccc2)c1=O. The van der Waals surface area contributed by atoms with Crippen LogP contribution in [0.25, 0.3) is 5.69 Å². The van der Waals surface area contributed by atoms with Gasteiger partial charge >= 0.3 is 5.56 Å². The van der Waals surface area contributed by atoms with Crippen LogP contribution in [0.5, 0.6) is 5.75 Å². The molecule has 0 amide bonds. The van der Waals surface area contributed by atoms with E-state index in [1.807, 2.05) is 36.9 Å². The lowest BCUT2D eigenvalue weighted by Gasteiger charge is -2.35. The third-order valence-electron chi connectivity index (χ3n) is 4.94. The van der Waals surface area contributed by atoms with Gasteiger partial charge < -0.3 is 9.64 Å². The minimum absolute atomic E-state index is 0.196. The number of anilines is 1. The third kappa shape index (κ3) is 4.36. The van der Waals surface area contributed by atoms with Gasteiger partial charge in [0.2, 0.25) is 5.75 Å². The first-order valence-corrected chi connectivity index (χ1v) is 12.3. The van der Waals surface area contributed by atoms with Crippen molar-refractivity contribution in [1.82, 2.24) is 14.1 Å². The molecule has 8 nitrogen and oxygen atoms in total. The topological polar surface area (TPSA) is 84.7 Å². The maximum absolute atomic E-state index is 13.2. The van der Waals surface area contributed by atoms with Crippen molar-refractivity contribution >= 4 is 27.0 Å². The number of sulfonamides is 1. The second-order valence-corrected chi connectivity index (χ2v) is 10.5. The summed E-state index contributed by atoms with van der Waals surface area (Å²) in [6.45, 7) is 5.25. The van der Waals surface area contributed by atoms with Gasteiger partial charge in [0.15, 0.2) is 0 Å². The minimum atomic E-state index is -3.49. The average Bonchev–Trinajstić information content (AvgIpc) is 3.31. The molecule has 164 valence electrons. The molecule has 1 aromatic carbocycles. The van der Waals surface area contributed by atoms with Crippen LogP contribution in [0.15, 0.2) is 63.0 Å². The molecule has 0 atom stereocenters. The highest BCUT2D eigenvalue weighted by Gasteiger charge is 2.31. The van der Waals surface area contributed by atoms with Gasteiger partial charge in [-0.1, -0.05) is 24.3 Å². The molecular formula is C21H24N4O4S2. The Balaban J connectivity index is 1.61. The normalized spacial score (nSPS) is 15.4. The Morgan fingerprint density at radius 1 is 1.03 bits per heavy atom. The zero-order chi connectivity index (χ0) is 22.0. The summed E-state index contributed by atoms with van der Waals surface area (Å²) in [6.07, 6.45) is 1.42. The first-order valence-electron chi connectivity index (χ1n) is 10.0. The third-order valence-corrected chi connectivity index (χ3v) is 8.21. The Morgan fingerprint density at radius 2 is 1.74 bits per heavy atom. The summed E-state index contributed by atoms with van der Waals surface area (Å²) in [7, 11) is -3.49. The van der Waals surface area contributed by atoms with E-state index in [-0.39, 0.29) is 17.4 Å². The molecule has 10 heteroatoms. The first-order chi connectivity index (χ1) is 14.9. The van der Waals surface area contributed by atoms with Crippen molar-refractivity contribution in [3.8, 4) is 11.4 Å². The number of para-hydroxylation sites is 1. The van der Waals surface area contributed by atoms with E-state index in [1.54, 1.807) is 35.8 Å². The molecule has 0 radical (unpaired) electrons. The molecule has 0 aliphatic carbocycles. The monoisotopic (exact) mass is 460 g/mol. The first kappa shape index (κ1) is 21.5. The summed E-state index contributed by atoms with van der Waals surface area (Å²) < 4.78 is 34.6. The molecule has 1 fully saturated rings. The second-order valence-electron chi connectivity index (χ2n) is 7.40. The smallest absolute Gasteiger partial charge is 0.316 e. The molecule has 2 aromatic heterocycles. The van der Waals surface area contributed by atoms with Gasteiger partial charge in [-0.2, -0.15) is 14.1 Å². The summed E-state index contributed by atoms with van der Waals surface area (Å²) in [5.74, 6) is 0.225. The van der Waals surface area contributed by atoms with Crippen LogP contribution >= 0.6 is 11.3 Å². The minimum Gasteiger partial charge on any atom is -0.483 e. The van der Waals surface area contributed by atoms with E-state index in [4.69, 9.17) is 4.74 Å². The number of hydrogen-bond acceptors (Lipinski definition) is 7. The number of thiophene rings is 1. The van der Waals surface area contributed by atoms with E-state index in [0.29, 0.717) is 41.8 Å². The van der Waals surface area contributed by atoms with E-state index in [2.05, 4.69) is 5.10 Å². The van der Waals surface area contributed by atoms with Gasteiger partial charge in [0.05, 0.1) is 18.0 Å². The fraction of sp³-hybridized carbons (Fsp3) is 0.333. The second kappa shape index (κ2) is 8.81. The summed E-state index contributed by atoms with van der Waals surface area (Å²) in [4.78, 5) is 15.2. The Bertz CT molecular complexity index is 1180. The molecule has 0 bridgehead atoms. The van der Waals surface area contributed by atoms with E-state index >= 15 is 0 Å². The van der Waals surface area contributed by atoms with Gasteiger partial charge in [-0.15, -0.1) is 11.3 Å². The maximum atomic E-state index is 13.2. The van der Waals surface area contributed by atoms with E-state index in [0.717, 1.165) is 0 Å². The molecule has 1 saturated heterocycles. The average molecular weight is 461 g/mol. The fourth-order valence-corrected chi connectivity index (χ4v) is 6.03. The van der Waals surface area contributed by atoms with Crippen molar-refractivity contribution in [2.45, 2.75) is 24.2 Å². The predicted molar refractivity (Wildman–Crippen MR) is 121 cm³/mol. The van der Waals surface area contributed by atoms with Gasteiger partial charge in [0, 0.05) is 26.2 Å². The molecule has 0 N–H and O–H groups in total. The quantitative estimate of drug-likeness (QED) is 0.562. The van der Waals surface area contributed by atoms with Gasteiger partial charge in [0.1, 0.15) is 9.90 Å². The summed E-state index contributed by atoms with van der Waals surface area (Å²) in [5, 5.41) is 6.11. The lowest BCUT2D eigenvalue weighted by molar-refractivity contribution is 0.237. The highest BCUT2D eigenvalue weighted by molar-refractivity contribution is 7.91. The van der Waals surface area contributed by atoms with Crippen LogP contribution in [0, 0.1) is 0 Å². The summed E-state index contributed by atoms with van der Waals surface area (Å²) in [6, 6.07) is 12.5. The summed E-state index contributed by atoms with van der Waals surface area (Å²) >= 11 is 1.21. The van der Waals surface area contributed by atoms with Crippen LogP contribution in [0.1, 0.15) is 13.8 Å². The van der Waals surface area contributed by atoms with Gasteiger partial charge in [-0.05, 0) is 37.4 Å². The van der Waals surface area contributed by atoms with E-state index < -0.39 is 10.0 Å². The van der Waals surface area contributed by atoms with Gasteiger partial charge in [-0.25, -0.2) is 8.42 Å². The van der Waals surface area contributed by atoms with Crippen LogP contribution in [0.3, 0.4) is 0 Å². The van der Waals surface area contributed by atoms with Crippen molar-refractivity contribution in [2.24, 2.45) is 0 Å². The predicted octanol–water partition coefficient (Wildman–Crippen LogP) is 2.59.